The van der Waals surface area contributed by atoms with Crippen LogP contribution < -0.4 is 11.1 Å². The van der Waals surface area contributed by atoms with Gasteiger partial charge in [-0.25, -0.2) is 0 Å². The van der Waals surface area contributed by atoms with Gasteiger partial charge in [0.15, 0.2) is 0 Å². The van der Waals surface area contributed by atoms with E-state index in [2.05, 4.69) is 41.5 Å². The van der Waals surface area contributed by atoms with Crippen LogP contribution in [-0.4, -0.2) is 37.0 Å². The molecular formula is C19H29N3O. The molecule has 0 heterocycles. The number of nitrogens with zero attached hydrogens (tertiary/aromatic N) is 1. The normalized spacial score (nSPS) is 29.2. The Morgan fingerprint density at radius 1 is 1.26 bits per heavy atom. The van der Waals surface area contributed by atoms with E-state index < -0.39 is 0 Å². The van der Waals surface area contributed by atoms with Crippen LogP contribution in [0.2, 0.25) is 0 Å². The third-order valence-electron chi connectivity index (χ3n) is 5.59. The van der Waals surface area contributed by atoms with Crippen molar-refractivity contribution in [2.24, 2.45) is 23.5 Å². The summed E-state index contributed by atoms with van der Waals surface area (Å²) in [4.78, 5) is 14.7. The lowest BCUT2D eigenvalue weighted by atomic mass is 9.84. The lowest BCUT2D eigenvalue weighted by Crippen LogP contribution is -2.45. The van der Waals surface area contributed by atoms with Crippen LogP contribution in [0.3, 0.4) is 0 Å². The monoisotopic (exact) mass is 315 g/mol. The Balaban J connectivity index is 1.34. The van der Waals surface area contributed by atoms with Crippen LogP contribution >= 0.6 is 0 Å². The maximum atomic E-state index is 12.4. The summed E-state index contributed by atoms with van der Waals surface area (Å²) in [6.07, 6.45) is 4.56. The highest BCUT2D eigenvalue weighted by molar-refractivity contribution is 5.80. The van der Waals surface area contributed by atoms with Crippen LogP contribution in [0, 0.1) is 17.8 Å². The number of hydrogen-bond donors (Lipinski definition) is 2. The second kappa shape index (κ2) is 7.45. The number of carbonyl (C=O) groups is 1. The summed E-state index contributed by atoms with van der Waals surface area (Å²) in [7, 11) is 2.13. The summed E-state index contributed by atoms with van der Waals surface area (Å²) in [6, 6.07) is 10.6. The number of nitrogens with two attached hydrogens (primary N) is 1. The number of amides is 1. The highest BCUT2D eigenvalue weighted by atomic mass is 16.1. The third kappa shape index (κ3) is 3.93. The van der Waals surface area contributed by atoms with Crippen LogP contribution in [0.25, 0.3) is 0 Å². The molecule has 1 aromatic carbocycles. The fraction of sp³-hybridized carbons (Fsp3) is 0.632. The molecule has 1 aromatic rings. The SMILES string of the molecule is CN(CCCNC(=O)C1C2CCC(C2)C1N)Cc1ccccc1. The predicted molar refractivity (Wildman–Crippen MR) is 92.7 cm³/mol. The summed E-state index contributed by atoms with van der Waals surface area (Å²) in [6.45, 7) is 2.68. The molecule has 23 heavy (non-hydrogen) atoms. The van der Waals surface area contributed by atoms with Gasteiger partial charge in [0, 0.05) is 19.1 Å². The van der Waals surface area contributed by atoms with Gasteiger partial charge in [-0.05, 0) is 56.7 Å². The van der Waals surface area contributed by atoms with Gasteiger partial charge in [0.25, 0.3) is 0 Å². The molecule has 2 aliphatic carbocycles. The average molecular weight is 315 g/mol. The number of hydrogen-bond acceptors (Lipinski definition) is 3. The first-order chi connectivity index (χ1) is 11.1. The molecule has 2 fully saturated rings. The van der Waals surface area contributed by atoms with E-state index in [0.29, 0.717) is 11.8 Å². The molecule has 2 saturated carbocycles. The Kier molecular flexibility index (Phi) is 5.34. The van der Waals surface area contributed by atoms with E-state index in [9.17, 15) is 4.79 Å². The molecule has 0 aromatic heterocycles. The molecule has 1 amide bonds. The van der Waals surface area contributed by atoms with Crippen molar-refractivity contribution in [2.75, 3.05) is 20.1 Å². The molecule has 2 aliphatic rings. The minimum Gasteiger partial charge on any atom is -0.356 e. The van der Waals surface area contributed by atoms with Gasteiger partial charge in [0.1, 0.15) is 0 Å². The van der Waals surface area contributed by atoms with E-state index in [1.165, 1.54) is 24.8 Å². The molecule has 2 bridgehead atoms. The number of rotatable bonds is 7. The largest absolute Gasteiger partial charge is 0.356 e. The number of fused-ring (bicyclic) bond motifs is 2. The van der Waals surface area contributed by atoms with Crippen LogP contribution in [0.5, 0.6) is 0 Å². The van der Waals surface area contributed by atoms with Crippen molar-refractivity contribution in [3.05, 3.63) is 35.9 Å². The van der Waals surface area contributed by atoms with Gasteiger partial charge in [-0.3, -0.25) is 4.79 Å². The first-order valence-electron chi connectivity index (χ1n) is 8.91. The Morgan fingerprint density at radius 2 is 2.00 bits per heavy atom. The zero-order chi connectivity index (χ0) is 16.2. The summed E-state index contributed by atoms with van der Waals surface area (Å²) in [5.41, 5.74) is 7.56. The molecule has 4 atom stereocenters. The van der Waals surface area contributed by atoms with Crippen molar-refractivity contribution in [1.82, 2.24) is 10.2 Å². The molecule has 4 unspecified atom stereocenters. The van der Waals surface area contributed by atoms with Crippen LogP contribution in [0.15, 0.2) is 30.3 Å². The standard InChI is InChI=1S/C19H29N3O/c1-22(13-14-6-3-2-4-7-14)11-5-10-21-19(23)17-15-8-9-16(12-15)18(17)20/h2-4,6-7,15-18H,5,8-13,20H2,1H3,(H,21,23). The molecule has 0 saturated heterocycles. The van der Waals surface area contributed by atoms with E-state index in [1.807, 2.05) is 6.07 Å². The molecule has 0 spiro atoms. The van der Waals surface area contributed by atoms with Gasteiger partial charge < -0.3 is 16.0 Å². The predicted octanol–water partition coefficient (Wildman–Crippen LogP) is 2.00. The highest BCUT2D eigenvalue weighted by Gasteiger charge is 2.48. The van der Waals surface area contributed by atoms with Gasteiger partial charge >= 0.3 is 0 Å². The van der Waals surface area contributed by atoms with Crippen molar-refractivity contribution in [3.8, 4) is 0 Å². The highest BCUT2D eigenvalue weighted by Crippen LogP contribution is 2.47. The minimum absolute atomic E-state index is 0.0656. The third-order valence-corrected chi connectivity index (χ3v) is 5.59. The molecule has 3 N–H and O–H groups in total. The van der Waals surface area contributed by atoms with E-state index >= 15 is 0 Å². The van der Waals surface area contributed by atoms with E-state index in [-0.39, 0.29) is 17.9 Å². The van der Waals surface area contributed by atoms with Crippen molar-refractivity contribution in [1.29, 1.82) is 0 Å². The van der Waals surface area contributed by atoms with E-state index in [0.717, 1.165) is 26.1 Å². The summed E-state index contributed by atoms with van der Waals surface area (Å²) >= 11 is 0. The van der Waals surface area contributed by atoms with Crippen molar-refractivity contribution < 1.29 is 4.79 Å². The molecule has 126 valence electrons. The quantitative estimate of drug-likeness (QED) is 0.757. The Hall–Kier alpha value is -1.39. The zero-order valence-electron chi connectivity index (χ0n) is 14.1. The maximum absolute atomic E-state index is 12.4. The molecule has 3 rings (SSSR count). The number of nitrogens with one attached hydrogen (secondary N) is 1. The van der Waals surface area contributed by atoms with Crippen molar-refractivity contribution in [3.63, 3.8) is 0 Å². The summed E-state index contributed by atoms with van der Waals surface area (Å²) < 4.78 is 0. The van der Waals surface area contributed by atoms with Crippen molar-refractivity contribution in [2.45, 2.75) is 38.3 Å². The van der Waals surface area contributed by atoms with Crippen LogP contribution in [-0.2, 0) is 11.3 Å². The second-order valence-electron chi connectivity index (χ2n) is 7.30. The van der Waals surface area contributed by atoms with Gasteiger partial charge in [0.2, 0.25) is 5.91 Å². The Morgan fingerprint density at radius 3 is 2.70 bits per heavy atom. The van der Waals surface area contributed by atoms with Crippen molar-refractivity contribution >= 4 is 5.91 Å². The Bertz CT molecular complexity index is 517. The topological polar surface area (TPSA) is 58.4 Å². The first kappa shape index (κ1) is 16.5. The average Bonchev–Trinajstić information content (AvgIpc) is 3.13. The van der Waals surface area contributed by atoms with Gasteiger partial charge in [-0.1, -0.05) is 30.3 Å². The van der Waals surface area contributed by atoms with Gasteiger partial charge in [-0.2, -0.15) is 0 Å². The number of benzene rings is 1. The lowest BCUT2D eigenvalue weighted by Gasteiger charge is -2.27. The van der Waals surface area contributed by atoms with Gasteiger partial charge in [0.05, 0.1) is 5.92 Å². The fourth-order valence-electron chi connectivity index (χ4n) is 4.38. The number of carbonyl (C=O) groups excluding carboxylic acids is 1. The van der Waals surface area contributed by atoms with Crippen LogP contribution in [0.1, 0.15) is 31.2 Å². The molecule has 0 aliphatic heterocycles. The maximum Gasteiger partial charge on any atom is 0.224 e. The molecular weight excluding hydrogens is 286 g/mol. The Labute approximate surface area is 139 Å². The smallest absolute Gasteiger partial charge is 0.224 e. The fourth-order valence-corrected chi connectivity index (χ4v) is 4.38. The summed E-state index contributed by atoms with van der Waals surface area (Å²) in [5, 5.41) is 3.11. The molecule has 4 heteroatoms. The summed E-state index contributed by atoms with van der Waals surface area (Å²) in [5.74, 6) is 1.38. The second-order valence-corrected chi connectivity index (χ2v) is 7.30. The van der Waals surface area contributed by atoms with E-state index in [4.69, 9.17) is 5.73 Å². The minimum atomic E-state index is 0.0656. The zero-order valence-corrected chi connectivity index (χ0v) is 14.1. The van der Waals surface area contributed by atoms with E-state index in [1.54, 1.807) is 0 Å². The molecule has 4 nitrogen and oxygen atoms in total. The van der Waals surface area contributed by atoms with Gasteiger partial charge in [-0.15, -0.1) is 0 Å². The molecule has 0 radical (unpaired) electrons. The van der Waals surface area contributed by atoms with Crippen LogP contribution in [0.4, 0.5) is 0 Å². The first-order valence-corrected chi connectivity index (χ1v) is 8.91. The lowest BCUT2D eigenvalue weighted by molar-refractivity contribution is -0.127.